The van der Waals surface area contributed by atoms with Gasteiger partial charge in [-0.25, -0.2) is 0 Å². The Kier molecular flexibility index (Phi) is 4.46. The summed E-state index contributed by atoms with van der Waals surface area (Å²) >= 11 is 0. The zero-order valence-corrected chi connectivity index (χ0v) is 4.28. The van der Waals surface area contributed by atoms with Crippen molar-refractivity contribution < 1.29 is 0 Å². The summed E-state index contributed by atoms with van der Waals surface area (Å²) in [5, 5.41) is 5.70. The van der Waals surface area contributed by atoms with E-state index in [-0.39, 0.29) is 0 Å². The highest BCUT2D eigenvalue weighted by Gasteiger charge is 1.61. The van der Waals surface area contributed by atoms with Gasteiger partial charge in [-0.2, -0.15) is 0 Å². The van der Waals surface area contributed by atoms with Crippen molar-refractivity contribution in [3.8, 4) is 0 Å². The van der Waals surface area contributed by atoms with Gasteiger partial charge in [0.15, 0.2) is 0 Å². The lowest BCUT2D eigenvalue weighted by Gasteiger charge is -1.77. The number of hydrogen-bond donors (Lipinski definition) is 1. The van der Waals surface area contributed by atoms with Crippen molar-refractivity contribution >= 4 is 9.39 Å². The van der Waals surface area contributed by atoms with Crippen molar-refractivity contribution in [2.24, 2.45) is 5.11 Å². The van der Waals surface area contributed by atoms with Gasteiger partial charge in [-0.05, 0) is 5.53 Å². The second kappa shape index (κ2) is 4.70. The van der Waals surface area contributed by atoms with Crippen LogP contribution in [0.1, 0.15) is 0 Å². The van der Waals surface area contributed by atoms with E-state index in [0.717, 1.165) is 0 Å². The standard InChI is InChI=1S/CH5N4P/c2-5-3-1-4-6/h4H,1,6H2. The van der Waals surface area contributed by atoms with E-state index < -0.39 is 0 Å². The summed E-state index contributed by atoms with van der Waals surface area (Å²) < 4.78 is 0. The molecule has 1 N–H and O–H groups in total. The van der Waals surface area contributed by atoms with Crippen molar-refractivity contribution in [1.82, 2.24) is 5.09 Å². The van der Waals surface area contributed by atoms with Gasteiger partial charge in [-0.15, -0.1) is 0 Å². The summed E-state index contributed by atoms with van der Waals surface area (Å²) in [5.74, 6) is 0. The summed E-state index contributed by atoms with van der Waals surface area (Å²) in [6.45, 7) is 0.334. The molecule has 1 unspecified atom stereocenters. The second-order valence-corrected chi connectivity index (χ2v) is 1.00. The van der Waals surface area contributed by atoms with Crippen molar-refractivity contribution in [1.29, 1.82) is 0 Å². The van der Waals surface area contributed by atoms with Crippen molar-refractivity contribution in [2.45, 2.75) is 0 Å². The molecular weight excluding hydrogens is 99.0 g/mol. The van der Waals surface area contributed by atoms with Crippen LogP contribution in [0.5, 0.6) is 0 Å². The minimum absolute atomic E-state index is 0.334. The van der Waals surface area contributed by atoms with E-state index in [2.05, 4.69) is 24.5 Å². The Labute approximate surface area is 37.8 Å². The molecule has 0 aliphatic heterocycles. The van der Waals surface area contributed by atoms with Crippen LogP contribution < -0.4 is 5.09 Å². The van der Waals surface area contributed by atoms with Gasteiger partial charge in [0.05, 0.1) is 6.67 Å². The lowest BCUT2D eigenvalue weighted by Crippen LogP contribution is -1.92. The Balaban J connectivity index is 2.86. The van der Waals surface area contributed by atoms with E-state index in [1.165, 1.54) is 0 Å². The molecule has 0 aliphatic rings. The maximum Gasteiger partial charge on any atom is 0.0778 e. The van der Waals surface area contributed by atoms with Crippen molar-refractivity contribution in [2.75, 3.05) is 6.67 Å². The Morgan fingerprint density at radius 1 is 2.00 bits per heavy atom. The fourth-order valence-corrected chi connectivity index (χ4v) is 0.154. The minimum Gasteiger partial charge on any atom is -0.295 e. The van der Waals surface area contributed by atoms with Crippen LogP contribution in [-0.4, -0.2) is 6.67 Å². The lowest BCUT2D eigenvalue weighted by molar-refractivity contribution is 0.972. The molecule has 0 aromatic heterocycles. The van der Waals surface area contributed by atoms with Gasteiger partial charge < -0.3 is 0 Å². The van der Waals surface area contributed by atoms with Gasteiger partial charge in [0.25, 0.3) is 0 Å². The molecule has 0 rings (SSSR count). The third-order valence-corrected chi connectivity index (χ3v) is 0.408. The quantitative estimate of drug-likeness (QED) is 0.237. The van der Waals surface area contributed by atoms with Crippen LogP contribution >= 0.6 is 9.39 Å². The predicted octanol–water partition coefficient (Wildman–Crippen LogP) is 0.634. The third kappa shape index (κ3) is 3.70. The number of azide groups is 1. The van der Waals surface area contributed by atoms with E-state index in [9.17, 15) is 0 Å². The monoisotopic (exact) mass is 104 g/mol. The topological polar surface area (TPSA) is 60.8 Å². The Hall–Kier alpha value is -0.300. The van der Waals surface area contributed by atoms with Crippen LogP contribution in [0.25, 0.3) is 10.4 Å². The van der Waals surface area contributed by atoms with Gasteiger partial charge in [0.2, 0.25) is 0 Å². The lowest BCUT2D eigenvalue weighted by atomic mass is 11.3. The van der Waals surface area contributed by atoms with E-state index in [1.54, 1.807) is 0 Å². The summed E-state index contributed by atoms with van der Waals surface area (Å²) in [4.78, 5) is 2.47. The van der Waals surface area contributed by atoms with Gasteiger partial charge in [0.1, 0.15) is 0 Å². The zero-order chi connectivity index (χ0) is 4.83. The van der Waals surface area contributed by atoms with Crippen molar-refractivity contribution in [3.05, 3.63) is 10.4 Å². The Morgan fingerprint density at radius 2 is 2.67 bits per heavy atom. The third-order valence-electron chi connectivity index (χ3n) is 0.225. The fourth-order valence-electron chi connectivity index (χ4n) is 0.0724. The molecule has 0 aromatic carbocycles. The minimum atomic E-state index is 0.334. The SMILES string of the molecule is [N-]=[N+]=NCNP. The second-order valence-electron chi connectivity index (χ2n) is 0.593. The molecule has 0 fully saturated rings. The Morgan fingerprint density at radius 3 is 2.83 bits per heavy atom. The molecule has 0 spiro atoms. The van der Waals surface area contributed by atoms with E-state index in [1.807, 2.05) is 0 Å². The zero-order valence-electron chi connectivity index (χ0n) is 3.13. The first-order valence-electron chi connectivity index (χ1n) is 1.36. The molecule has 0 saturated heterocycles. The van der Waals surface area contributed by atoms with E-state index in [4.69, 9.17) is 5.53 Å². The summed E-state index contributed by atoms with van der Waals surface area (Å²) in [6.07, 6.45) is 0. The van der Waals surface area contributed by atoms with E-state index in [0.29, 0.717) is 6.67 Å². The first kappa shape index (κ1) is 5.70. The summed E-state index contributed by atoms with van der Waals surface area (Å²) in [7, 11) is 2.21. The number of rotatable bonds is 2. The predicted molar refractivity (Wildman–Crippen MR) is 26.9 cm³/mol. The number of hydrogen-bond acceptors (Lipinski definition) is 2. The van der Waals surface area contributed by atoms with Crippen LogP contribution in [0.15, 0.2) is 5.11 Å². The maximum absolute atomic E-state index is 7.61. The molecule has 0 heterocycles. The molecule has 0 amide bonds. The molecule has 5 heteroatoms. The fraction of sp³-hybridized carbons (Fsp3) is 1.00. The molecule has 1 atom stereocenters. The van der Waals surface area contributed by atoms with Gasteiger partial charge in [-0.1, -0.05) is 14.5 Å². The van der Waals surface area contributed by atoms with E-state index >= 15 is 0 Å². The van der Waals surface area contributed by atoms with Crippen LogP contribution in [0.4, 0.5) is 0 Å². The molecule has 0 aromatic rings. The highest BCUT2D eigenvalue weighted by Crippen LogP contribution is 1.67. The molecule has 0 saturated carbocycles. The largest absolute Gasteiger partial charge is 0.295 e. The van der Waals surface area contributed by atoms with Gasteiger partial charge >= 0.3 is 0 Å². The normalized spacial score (nSPS) is 6.83. The molecule has 6 heavy (non-hydrogen) atoms. The molecule has 0 aliphatic carbocycles. The average Bonchev–Trinajstić information content (AvgIpc) is 1.61. The molecule has 0 bridgehead atoms. The van der Waals surface area contributed by atoms with Gasteiger partial charge in [-0.3, -0.25) is 5.09 Å². The highest BCUT2D eigenvalue weighted by atomic mass is 31.0. The summed E-state index contributed by atoms with van der Waals surface area (Å²) in [5.41, 5.74) is 7.61. The molecule has 34 valence electrons. The number of nitrogens with one attached hydrogen (secondary N) is 1. The molecule has 4 nitrogen and oxygen atoms in total. The van der Waals surface area contributed by atoms with Crippen LogP contribution in [0, 0.1) is 0 Å². The number of nitrogens with zero attached hydrogens (tertiary/aromatic N) is 3. The Bertz CT molecular complexity index is 63.9. The van der Waals surface area contributed by atoms with Crippen LogP contribution in [0.3, 0.4) is 0 Å². The first-order chi connectivity index (χ1) is 2.91. The first-order valence-corrected chi connectivity index (χ1v) is 1.94. The maximum atomic E-state index is 7.61. The average molecular weight is 104 g/mol. The van der Waals surface area contributed by atoms with Crippen LogP contribution in [-0.2, 0) is 0 Å². The molecular formula is CH5N4P. The molecule has 0 radical (unpaired) electrons. The smallest absolute Gasteiger partial charge is 0.0778 e. The summed E-state index contributed by atoms with van der Waals surface area (Å²) in [6, 6.07) is 0. The van der Waals surface area contributed by atoms with Crippen LogP contribution in [0.2, 0.25) is 0 Å². The highest BCUT2D eigenvalue weighted by molar-refractivity contribution is 7.13. The van der Waals surface area contributed by atoms with Gasteiger partial charge in [0, 0.05) is 4.91 Å². The van der Waals surface area contributed by atoms with Crippen molar-refractivity contribution in [3.63, 3.8) is 0 Å².